The summed E-state index contributed by atoms with van der Waals surface area (Å²) in [5.41, 5.74) is 0. The second-order valence-electron chi connectivity index (χ2n) is 2.66. The molecule has 1 rings (SSSR count). The normalized spacial score (nSPS) is 32.5. The van der Waals surface area contributed by atoms with Crippen molar-refractivity contribution in [3.8, 4) is 0 Å². The molecule has 1 saturated heterocycles. The Bertz CT molecular complexity index is 339. The zero-order valence-corrected chi connectivity index (χ0v) is 7.35. The summed E-state index contributed by atoms with van der Waals surface area (Å²) >= 11 is 0. The molecule has 0 amide bonds. The molecule has 7 nitrogen and oxygen atoms in total. The van der Waals surface area contributed by atoms with Crippen molar-refractivity contribution in [2.24, 2.45) is 0 Å². The third kappa shape index (κ3) is 1.63. The van der Waals surface area contributed by atoms with Crippen LogP contribution in [0.3, 0.4) is 0 Å². The van der Waals surface area contributed by atoms with Gasteiger partial charge >= 0.3 is 11.9 Å². The highest BCUT2D eigenvalue weighted by Crippen LogP contribution is 2.31. The van der Waals surface area contributed by atoms with Crippen LogP contribution in [0.1, 0.15) is 0 Å². The van der Waals surface area contributed by atoms with E-state index >= 15 is 0 Å². The van der Waals surface area contributed by atoms with Crippen LogP contribution < -0.4 is 0 Å². The number of hydrogen-bond acceptors (Lipinski definition) is 4. The first-order chi connectivity index (χ1) is 5.76. The summed E-state index contributed by atoms with van der Waals surface area (Å²) in [5, 5.41) is 16.9. The van der Waals surface area contributed by atoms with E-state index in [1.807, 2.05) is 0 Å². The largest absolute Gasteiger partial charge is 0.480 e. The number of aliphatic carboxylic acids is 2. The zero-order chi connectivity index (χ0) is 10.4. The SMILES string of the molecule is CS(=O)(=O)N1[C@H](C(=O)O)[C@H]1C(=O)O. The smallest absolute Gasteiger partial charge is 0.324 e. The highest BCUT2D eigenvalue weighted by atomic mass is 32.2. The van der Waals surface area contributed by atoms with Gasteiger partial charge in [-0.3, -0.25) is 9.59 Å². The monoisotopic (exact) mass is 209 g/mol. The molecule has 1 aliphatic rings. The molecule has 74 valence electrons. The van der Waals surface area contributed by atoms with Crippen molar-refractivity contribution in [1.29, 1.82) is 0 Å². The van der Waals surface area contributed by atoms with Crippen molar-refractivity contribution < 1.29 is 28.2 Å². The highest BCUT2D eigenvalue weighted by molar-refractivity contribution is 7.88. The summed E-state index contributed by atoms with van der Waals surface area (Å²) in [6, 6.07) is -2.90. The Balaban J connectivity index is 2.92. The fourth-order valence-corrected chi connectivity index (χ4v) is 2.29. The van der Waals surface area contributed by atoms with Gasteiger partial charge in [-0.1, -0.05) is 0 Å². The number of sulfonamides is 1. The third-order valence-electron chi connectivity index (χ3n) is 1.65. The molecule has 0 unspecified atom stereocenters. The van der Waals surface area contributed by atoms with Gasteiger partial charge in [-0.05, 0) is 0 Å². The second kappa shape index (κ2) is 2.67. The van der Waals surface area contributed by atoms with Crippen molar-refractivity contribution in [3.05, 3.63) is 0 Å². The molecule has 0 bridgehead atoms. The van der Waals surface area contributed by atoms with E-state index in [1.54, 1.807) is 0 Å². The molecule has 0 saturated carbocycles. The van der Waals surface area contributed by atoms with Crippen molar-refractivity contribution in [1.82, 2.24) is 4.31 Å². The van der Waals surface area contributed by atoms with Crippen molar-refractivity contribution >= 4 is 22.0 Å². The number of carboxylic acid groups (broad SMARTS) is 2. The summed E-state index contributed by atoms with van der Waals surface area (Å²) in [7, 11) is -3.75. The van der Waals surface area contributed by atoms with Gasteiger partial charge in [0.25, 0.3) is 0 Å². The maximum Gasteiger partial charge on any atom is 0.324 e. The molecule has 8 heteroatoms. The van der Waals surface area contributed by atoms with Crippen LogP contribution in [-0.2, 0) is 19.6 Å². The van der Waals surface area contributed by atoms with Gasteiger partial charge in [0.15, 0.2) is 12.1 Å². The number of nitrogens with zero attached hydrogens (tertiary/aromatic N) is 1. The van der Waals surface area contributed by atoms with Crippen LogP contribution in [0.25, 0.3) is 0 Å². The second-order valence-corrected chi connectivity index (χ2v) is 4.55. The molecule has 1 heterocycles. The Hall–Kier alpha value is -1.15. The van der Waals surface area contributed by atoms with E-state index < -0.39 is 34.0 Å². The number of carbonyl (C=O) groups is 2. The Morgan fingerprint density at radius 2 is 1.46 bits per heavy atom. The maximum absolute atomic E-state index is 10.8. The van der Waals surface area contributed by atoms with Crippen LogP contribution in [0.4, 0.5) is 0 Å². The van der Waals surface area contributed by atoms with Crippen molar-refractivity contribution in [3.63, 3.8) is 0 Å². The van der Waals surface area contributed by atoms with Crippen LogP contribution >= 0.6 is 0 Å². The average Bonchev–Trinajstić information content (AvgIpc) is 2.56. The lowest BCUT2D eigenvalue weighted by Crippen LogP contribution is -2.17. The summed E-state index contributed by atoms with van der Waals surface area (Å²) < 4.78 is 22.1. The topological polar surface area (TPSA) is 112 Å². The van der Waals surface area contributed by atoms with Crippen LogP contribution in [0.2, 0.25) is 0 Å². The van der Waals surface area contributed by atoms with Gasteiger partial charge in [0.1, 0.15) is 0 Å². The average molecular weight is 209 g/mol. The van der Waals surface area contributed by atoms with E-state index in [-0.39, 0.29) is 0 Å². The van der Waals surface area contributed by atoms with Crippen LogP contribution in [0.15, 0.2) is 0 Å². The third-order valence-corrected chi connectivity index (χ3v) is 2.87. The molecular formula is C5H7NO6S. The molecule has 0 aromatic heterocycles. The minimum absolute atomic E-state index is 0.442. The van der Waals surface area contributed by atoms with Gasteiger partial charge in [-0.25, -0.2) is 8.42 Å². The fourth-order valence-electron chi connectivity index (χ4n) is 1.11. The van der Waals surface area contributed by atoms with Gasteiger partial charge in [0, 0.05) is 0 Å². The van der Waals surface area contributed by atoms with Crippen LogP contribution in [0, 0.1) is 0 Å². The first kappa shape index (κ1) is 9.93. The molecular weight excluding hydrogens is 202 g/mol. The predicted octanol–water partition coefficient (Wildman–Crippen LogP) is -1.83. The van der Waals surface area contributed by atoms with E-state index in [4.69, 9.17) is 10.2 Å². The first-order valence-electron chi connectivity index (χ1n) is 3.21. The lowest BCUT2D eigenvalue weighted by atomic mass is 10.3. The molecule has 0 spiro atoms. The molecule has 0 radical (unpaired) electrons. The predicted molar refractivity (Wildman–Crippen MR) is 39.5 cm³/mol. The van der Waals surface area contributed by atoms with Gasteiger partial charge in [0.2, 0.25) is 10.0 Å². The fraction of sp³-hybridized carbons (Fsp3) is 0.600. The van der Waals surface area contributed by atoms with E-state index in [9.17, 15) is 18.0 Å². The Morgan fingerprint density at radius 1 is 1.15 bits per heavy atom. The zero-order valence-electron chi connectivity index (χ0n) is 6.54. The summed E-state index contributed by atoms with van der Waals surface area (Å²) in [4.78, 5) is 20.7. The molecule has 2 atom stereocenters. The molecule has 2 N–H and O–H groups in total. The van der Waals surface area contributed by atoms with Gasteiger partial charge in [0.05, 0.1) is 6.26 Å². The van der Waals surface area contributed by atoms with Gasteiger partial charge in [-0.2, -0.15) is 4.31 Å². The quantitative estimate of drug-likeness (QED) is 0.528. The molecule has 0 aromatic rings. The minimum atomic E-state index is -3.75. The Morgan fingerprint density at radius 3 is 1.54 bits per heavy atom. The number of hydrogen-bond donors (Lipinski definition) is 2. The molecule has 1 aliphatic heterocycles. The van der Waals surface area contributed by atoms with E-state index in [1.165, 1.54) is 0 Å². The molecule has 1 fully saturated rings. The summed E-state index contributed by atoms with van der Waals surface area (Å²) in [6.07, 6.45) is 0.770. The lowest BCUT2D eigenvalue weighted by molar-refractivity contribution is -0.140. The van der Waals surface area contributed by atoms with E-state index in [0.29, 0.717) is 4.31 Å². The number of carboxylic acids is 2. The molecule has 0 aliphatic carbocycles. The van der Waals surface area contributed by atoms with Gasteiger partial charge < -0.3 is 10.2 Å². The lowest BCUT2D eigenvalue weighted by Gasteiger charge is -1.95. The summed E-state index contributed by atoms with van der Waals surface area (Å²) in [6.45, 7) is 0. The molecule has 13 heavy (non-hydrogen) atoms. The Kier molecular flexibility index (Phi) is 2.04. The minimum Gasteiger partial charge on any atom is -0.480 e. The van der Waals surface area contributed by atoms with Crippen molar-refractivity contribution in [2.45, 2.75) is 12.1 Å². The van der Waals surface area contributed by atoms with Crippen molar-refractivity contribution in [2.75, 3.05) is 6.26 Å². The van der Waals surface area contributed by atoms with Crippen LogP contribution in [0.5, 0.6) is 0 Å². The van der Waals surface area contributed by atoms with Gasteiger partial charge in [-0.15, -0.1) is 0 Å². The number of rotatable bonds is 3. The molecule has 0 aromatic carbocycles. The first-order valence-corrected chi connectivity index (χ1v) is 5.06. The standard InChI is InChI=1S/C5H7NO6S/c1-13(11,12)6-2(4(7)8)3(6)5(9)10/h2-3H,1H3,(H,7,8)(H,9,10)/t2-,3-/m0/s1. The van der Waals surface area contributed by atoms with Crippen LogP contribution in [-0.4, -0.2) is 53.2 Å². The van der Waals surface area contributed by atoms with E-state index in [0.717, 1.165) is 6.26 Å². The maximum atomic E-state index is 10.8. The summed E-state index contributed by atoms with van der Waals surface area (Å²) in [5.74, 6) is -2.89. The van der Waals surface area contributed by atoms with E-state index in [2.05, 4.69) is 0 Å². The Labute approximate surface area is 73.6 Å². The highest BCUT2D eigenvalue weighted by Gasteiger charge is 2.62.